The molecule has 0 unspecified atom stereocenters. The minimum absolute atomic E-state index is 0.000596. The van der Waals surface area contributed by atoms with Crippen LogP contribution in [0.2, 0.25) is 0 Å². The first-order valence-corrected chi connectivity index (χ1v) is 5.73. The van der Waals surface area contributed by atoms with Gasteiger partial charge in [-0.05, 0) is 29.3 Å². The van der Waals surface area contributed by atoms with Crippen molar-refractivity contribution < 1.29 is 9.90 Å². The average molecular weight is 258 g/mol. The second kappa shape index (κ2) is 5.45. The van der Waals surface area contributed by atoms with Gasteiger partial charge in [-0.15, -0.1) is 0 Å². The van der Waals surface area contributed by atoms with Crippen LogP contribution in [0.3, 0.4) is 0 Å². The Labute approximate surface area is 109 Å². The summed E-state index contributed by atoms with van der Waals surface area (Å²) in [6.07, 6.45) is 4.99. The number of rotatable bonds is 4. The number of carbonyl (C=O) groups is 1. The van der Waals surface area contributed by atoms with Crippen molar-refractivity contribution in [3.8, 4) is 11.1 Å². The molecule has 0 bridgehead atoms. The van der Waals surface area contributed by atoms with Gasteiger partial charge in [-0.1, -0.05) is 0 Å². The van der Waals surface area contributed by atoms with Crippen molar-refractivity contribution >= 4 is 5.91 Å². The number of pyridine rings is 2. The van der Waals surface area contributed by atoms with Crippen LogP contribution < -0.4 is 11.2 Å². The van der Waals surface area contributed by atoms with Gasteiger partial charge in [-0.25, -0.2) is 0 Å². The quantitative estimate of drug-likeness (QED) is 0.725. The molecule has 2 aromatic heterocycles. The standard InChI is InChI=1S/C13H14N4O2/c14-12-11(13(15)19)7-10(8-17(12)5-6-18)9-1-3-16-4-2-9/h1-4,7-8,14,18H,5-6H2,(H2,15,19). The summed E-state index contributed by atoms with van der Waals surface area (Å²) in [5.74, 6) is -0.660. The van der Waals surface area contributed by atoms with Gasteiger partial charge in [-0.3, -0.25) is 15.2 Å². The monoisotopic (exact) mass is 258 g/mol. The number of aliphatic hydroxyl groups excluding tert-OH is 1. The van der Waals surface area contributed by atoms with Gasteiger partial charge in [0.05, 0.1) is 12.2 Å². The van der Waals surface area contributed by atoms with E-state index in [1.807, 2.05) is 0 Å². The molecule has 1 amide bonds. The van der Waals surface area contributed by atoms with Crippen LogP contribution in [0.1, 0.15) is 10.4 Å². The molecule has 2 heterocycles. The molecule has 2 rings (SSSR count). The Morgan fingerprint density at radius 3 is 2.63 bits per heavy atom. The van der Waals surface area contributed by atoms with Crippen LogP contribution in [0.15, 0.2) is 36.8 Å². The molecule has 0 saturated carbocycles. The van der Waals surface area contributed by atoms with Crippen LogP contribution in [0.4, 0.5) is 0 Å². The highest BCUT2D eigenvalue weighted by molar-refractivity contribution is 5.93. The third-order valence-corrected chi connectivity index (χ3v) is 2.76. The molecule has 0 fully saturated rings. The number of nitrogens with two attached hydrogens (primary N) is 1. The molecule has 0 spiro atoms. The van der Waals surface area contributed by atoms with Gasteiger partial charge in [0.25, 0.3) is 5.91 Å². The molecule has 0 radical (unpaired) electrons. The summed E-state index contributed by atoms with van der Waals surface area (Å²) in [5, 5.41) is 16.9. The minimum Gasteiger partial charge on any atom is -0.395 e. The van der Waals surface area contributed by atoms with E-state index in [0.29, 0.717) is 0 Å². The van der Waals surface area contributed by atoms with Crippen molar-refractivity contribution in [1.82, 2.24) is 9.55 Å². The van der Waals surface area contributed by atoms with E-state index in [4.69, 9.17) is 16.2 Å². The highest BCUT2D eigenvalue weighted by atomic mass is 16.3. The summed E-state index contributed by atoms with van der Waals surface area (Å²) in [5.41, 5.74) is 7.02. The van der Waals surface area contributed by atoms with Gasteiger partial charge >= 0.3 is 0 Å². The van der Waals surface area contributed by atoms with Crippen molar-refractivity contribution in [2.24, 2.45) is 5.73 Å². The van der Waals surface area contributed by atoms with Gasteiger partial charge in [-0.2, -0.15) is 0 Å². The molecular weight excluding hydrogens is 244 g/mol. The van der Waals surface area contributed by atoms with Crippen LogP contribution in [0, 0.1) is 5.41 Å². The predicted molar refractivity (Wildman–Crippen MR) is 69.1 cm³/mol. The molecule has 6 nitrogen and oxygen atoms in total. The number of nitrogens with zero attached hydrogens (tertiary/aromatic N) is 2. The fourth-order valence-corrected chi connectivity index (χ4v) is 1.82. The summed E-state index contributed by atoms with van der Waals surface area (Å²) in [6, 6.07) is 5.17. The first kappa shape index (κ1) is 13.0. The van der Waals surface area contributed by atoms with Crippen molar-refractivity contribution in [2.75, 3.05) is 6.61 Å². The van der Waals surface area contributed by atoms with Crippen LogP contribution in [0.5, 0.6) is 0 Å². The fourth-order valence-electron chi connectivity index (χ4n) is 1.82. The molecule has 0 aromatic carbocycles. The molecule has 6 heteroatoms. The second-order valence-electron chi connectivity index (χ2n) is 4.01. The summed E-state index contributed by atoms with van der Waals surface area (Å²) in [7, 11) is 0. The smallest absolute Gasteiger partial charge is 0.252 e. The van der Waals surface area contributed by atoms with Crippen LogP contribution in [0.25, 0.3) is 11.1 Å². The lowest BCUT2D eigenvalue weighted by atomic mass is 10.1. The van der Waals surface area contributed by atoms with Crippen molar-refractivity contribution in [2.45, 2.75) is 6.54 Å². The molecule has 0 atom stereocenters. The van der Waals surface area contributed by atoms with E-state index in [9.17, 15) is 4.79 Å². The lowest BCUT2D eigenvalue weighted by Crippen LogP contribution is -2.30. The van der Waals surface area contributed by atoms with Crippen molar-refractivity contribution in [3.63, 3.8) is 0 Å². The first-order valence-electron chi connectivity index (χ1n) is 5.73. The van der Waals surface area contributed by atoms with Gasteiger partial charge < -0.3 is 15.4 Å². The number of aromatic nitrogens is 2. The fraction of sp³-hybridized carbons (Fsp3) is 0.154. The van der Waals surface area contributed by atoms with E-state index in [0.717, 1.165) is 11.1 Å². The summed E-state index contributed by atoms with van der Waals surface area (Å²) in [6.45, 7) is 0.118. The normalized spacial score (nSPS) is 10.4. The molecule has 0 saturated heterocycles. The van der Waals surface area contributed by atoms with Gasteiger partial charge in [0, 0.05) is 25.1 Å². The van der Waals surface area contributed by atoms with Gasteiger partial charge in [0.15, 0.2) is 0 Å². The molecule has 19 heavy (non-hydrogen) atoms. The maximum atomic E-state index is 11.4. The highest BCUT2D eigenvalue weighted by Crippen LogP contribution is 2.17. The van der Waals surface area contributed by atoms with E-state index in [2.05, 4.69) is 4.98 Å². The van der Waals surface area contributed by atoms with Gasteiger partial charge in [0.1, 0.15) is 5.49 Å². The minimum atomic E-state index is -0.660. The Bertz CT molecular complexity index is 649. The Morgan fingerprint density at radius 2 is 2.05 bits per heavy atom. The van der Waals surface area contributed by atoms with E-state index in [1.165, 1.54) is 4.57 Å². The Balaban J connectivity index is 2.63. The number of amides is 1. The average Bonchev–Trinajstić information content (AvgIpc) is 2.42. The third kappa shape index (κ3) is 2.69. The van der Waals surface area contributed by atoms with Crippen LogP contribution in [-0.2, 0) is 6.54 Å². The van der Waals surface area contributed by atoms with E-state index in [-0.39, 0.29) is 24.2 Å². The van der Waals surface area contributed by atoms with E-state index < -0.39 is 5.91 Å². The van der Waals surface area contributed by atoms with Crippen LogP contribution in [-0.4, -0.2) is 27.2 Å². The Morgan fingerprint density at radius 1 is 1.37 bits per heavy atom. The number of hydrogen-bond acceptors (Lipinski definition) is 4. The Hall–Kier alpha value is -2.47. The zero-order valence-electron chi connectivity index (χ0n) is 10.2. The third-order valence-electron chi connectivity index (χ3n) is 2.76. The molecule has 2 aromatic rings. The maximum Gasteiger partial charge on any atom is 0.252 e. The van der Waals surface area contributed by atoms with Crippen LogP contribution >= 0.6 is 0 Å². The zero-order valence-corrected chi connectivity index (χ0v) is 10.2. The lowest BCUT2D eigenvalue weighted by Gasteiger charge is -2.11. The van der Waals surface area contributed by atoms with E-state index >= 15 is 0 Å². The SMILES string of the molecule is N=c1c(C(N)=O)cc(-c2ccncc2)cn1CCO. The number of primary amides is 1. The molecule has 4 N–H and O–H groups in total. The number of aliphatic hydroxyl groups is 1. The number of hydrogen-bond donors (Lipinski definition) is 3. The second-order valence-corrected chi connectivity index (χ2v) is 4.01. The molecule has 0 aliphatic heterocycles. The summed E-state index contributed by atoms with van der Waals surface area (Å²) in [4.78, 5) is 15.3. The molecular formula is C13H14N4O2. The van der Waals surface area contributed by atoms with Crippen molar-refractivity contribution in [1.29, 1.82) is 5.41 Å². The van der Waals surface area contributed by atoms with E-state index in [1.54, 1.807) is 36.8 Å². The molecule has 0 aliphatic carbocycles. The summed E-state index contributed by atoms with van der Waals surface area (Å²) < 4.78 is 1.50. The highest BCUT2D eigenvalue weighted by Gasteiger charge is 2.10. The van der Waals surface area contributed by atoms with Gasteiger partial charge in [0.2, 0.25) is 0 Å². The topological polar surface area (TPSA) is 105 Å². The zero-order chi connectivity index (χ0) is 13.8. The first-order chi connectivity index (χ1) is 9.13. The largest absolute Gasteiger partial charge is 0.395 e. The molecule has 98 valence electrons. The lowest BCUT2D eigenvalue weighted by molar-refractivity contribution is 0.0997. The number of nitrogens with one attached hydrogen (secondary N) is 1. The van der Waals surface area contributed by atoms with Crippen molar-refractivity contribution in [3.05, 3.63) is 47.8 Å². The number of carbonyl (C=O) groups excluding carboxylic acids is 1. The predicted octanol–water partition coefficient (Wildman–Crippen LogP) is 0.121. The maximum absolute atomic E-state index is 11.4. The Kier molecular flexibility index (Phi) is 3.72. The summed E-state index contributed by atoms with van der Waals surface area (Å²) >= 11 is 0. The molecule has 0 aliphatic rings.